The molecular weight excluding hydrogens is 493 g/mol. The van der Waals surface area contributed by atoms with Crippen LogP contribution in [0, 0.1) is 11.7 Å². The Bertz CT molecular complexity index is 1430. The lowest BCUT2D eigenvalue weighted by Crippen LogP contribution is -2.32. The van der Waals surface area contributed by atoms with Crippen molar-refractivity contribution in [3.05, 3.63) is 53.3 Å². The fourth-order valence-electron chi connectivity index (χ4n) is 4.77. The van der Waals surface area contributed by atoms with E-state index < -0.39 is 10.0 Å². The maximum atomic E-state index is 13.7. The van der Waals surface area contributed by atoms with Crippen molar-refractivity contribution in [1.82, 2.24) is 5.48 Å². The first kappa shape index (κ1) is 25.7. The molecule has 1 N–H and O–H groups in total. The summed E-state index contributed by atoms with van der Waals surface area (Å²) >= 11 is 0. The Morgan fingerprint density at radius 1 is 1.19 bits per heavy atom. The van der Waals surface area contributed by atoms with E-state index in [0.29, 0.717) is 46.8 Å². The third kappa shape index (κ3) is 5.38. The maximum Gasteiger partial charge on any atom is 0.232 e. The minimum absolute atomic E-state index is 0.294. The van der Waals surface area contributed by atoms with Crippen molar-refractivity contribution in [2.24, 2.45) is 10.9 Å². The summed E-state index contributed by atoms with van der Waals surface area (Å²) in [5.74, 6) is 1.42. The van der Waals surface area contributed by atoms with Gasteiger partial charge < -0.3 is 4.42 Å². The summed E-state index contributed by atoms with van der Waals surface area (Å²) < 4.78 is 47.5. The zero-order valence-electron chi connectivity index (χ0n) is 21.8. The molecule has 1 saturated carbocycles. The molecule has 0 radical (unpaired) electrons. The van der Waals surface area contributed by atoms with Gasteiger partial charge in [-0.25, -0.2) is 28.1 Å². The summed E-state index contributed by atoms with van der Waals surface area (Å²) in [6.07, 6.45) is 5.43. The van der Waals surface area contributed by atoms with E-state index in [1.54, 1.807) is 12.1 Å². The Morgan fingerprint density at radius 3 is 2.54 bits per heavy atom. The number of fused-ring (bicyclic) bond motifs is 1. The Hall–Kier alpha value is -2.91. The van der Waals surface area contributed by atoms with Crippen LogP contribution in [-0.4, -0.2) is 33.3 Å². The molecule has 198 valence electrons. The lowest BCUT2D eigenvalue weighted by atomic mass is 10.00. The van der Waals surface area contributed by atoms with Gasteiger partial charge in [0.15, 0.2) is 12.1 Å². The summed E-state index contributed by atoms with van der Waals surface area (Å²) in [5, 5.41) is 0.828. The van der Waals surface area contributed by atoms with Crippen molar-refractivity contribution in [2.75, 3.05) is 17.1 Å². The SMILES string of the molecule is CCCC1N=C(c2c(-c3ccc(F)cc3)oc3cc(N(CCC(C)C)S(C)(=O)=O)c(C4CC4)cc23)NO1. The molecule has 7 nitrogen and oxygen atoms in total. The molecule has 2 aliphatic rings. The van der Waals surface area contributed by atoms with Crippen molar-refractivity contribution in [3.63, 3.8) is 0 Å². The predicted octanol–water partition coefficient (Wildman–Crippen LogP) is 6.34. The van der Waals surface area contributed by atoms with Crippen LogP contribution in [-0.2, 0) is 14.9 Å². The second-order valence-electron chi connectivity index (χ2n) is 10.5. The van der Waals surface area contributed by atoms with Crippen molar-refractivity contribution in [2.45, 2.75) is 65.0 Å². The van der Waals surface area contributed by atoms with Crippen molar-refractivity contribution in [1.29, 1.82) is 0 Å². The molecule has 1 fully saturated rings. The Morgan fingerprint density at radius 2 is 1.92 bits per heavy atom. The first-order valence-corrected chi connectivity index (χ1v) is 14.8. The number of hydroxylamine groups is 1. The average molecular weight is 528 g/mol. The number of aliphatic imine (C=N–C) groups is 1. The van der Waals surface area contributed by atoms with E-state index in [1.165, 1.54) is 22.7 Å². The lowest BCUT2D eigenvalue weighted by Gasteiger charge is -2.26. The fraction of sp³-hybridized carbons (Fsp3) is 0.464. The number of benzene rings is 2. The molecule has 0 spiro atoms. The van der Waals surface area contributed by atoms with Crippen LogP contribution in [0.5, 0.6) is 0 Å². The number of rotatable bonds is 10. The van der Waals surface area contributed by atoms with Crippen LogP contribution in [0.25, 0.3) is 22.3 Å². The third-order valence-electron chi connectivity index (χ3n) is 6.88. The van der Waals surface area contributed by atoms with Gasteiger partial charge in [0, 0.05) is 23.6 Å². The summed E-state index contributed by atoms with van der Waals surface area (Å²) in [6.45, 7) is 6.65. The number of sulfonamides is 1. The highest BCUT2D eigenvalue weighted by Crippen LogP contribution is 2.48. The molecule has 2 heterocycles. The molecule has 1 atom stereocenters. The topological polar surface area (TPSA) is 84.1 Å². The Kier molecular flexibility index (Phi) is 7.02. The first-order chi connectivity index (χ1) is 17.7. The standard InChI is InChI=1S/C28H34FN3O4S/c1-5-6-25-30-28(31-36-25)26-22-15-21(18-7-8-18)23(32(37(4,33)34)14-13-17(2)3)16-24(22)35-27(26)19-9-11-20(29)12-10-19/h9-12,15-18,25H,5-8,13-14H2,1-4H3,(H,30,31). The van der Waals surface area contributed by atoms with Crippen molar-refractivity contribution < 1.29 is 22.1 Å². The van der Waals surface area contributed by atoms with Gasteiger partial charge in [-0.05, 0) is 73.4 Å². The number of amidine groups is 1. The number of furan rings is 1. The van der Waals surface area contributed by atoms with Gasteiger partial charge in [-0.1, -0.05) is 27.2 Å². The Balaban J connectivity index is 1.72. The average Bonchev–Trinajstić information content (AvgIpc) is 3.47. The van der Waals surface area contributed by atoms with E-state index >= 15 is 0 Å². The maximum absolute atomic E-state index is 13.7. The molecule has 2 aromatic carbocycles. The largest absolute Gasteiger partial charge is 0.455 e. The second-order valence-corrected chi connectivity index (χ2v) is 12.4. The lowest BCUT2D eigenvalue weighted by molar-refractivity contribution is 0.0330. The van der Waals surface area contributed by atoms with E-state index in [4.69, 9.17) is 14.2 Å². The van der Waals surface area contributed by atoms with Gasteiger partial charge in [0.1, 0.15) is 17.2 Å². The molecule has 9 heteroatoms. The molecule has 5 rings (SSSR count). The highest BCUT2D eigenvalue weighted by atomic mass is 32.2. The molecule has 1 aromatic heterocycles. The highest BCUT2D eigenvalue weighted by Gasteiger charge is 2.33. The summed E-state index contributed by atoms with van der Waals surface area (Å²) in [6, 6.07) is 10.0. The molecule has 37 heavy (non-hydrogen) atoms. The fourth-order valence-corrected chi connectivity index (χ4v) is 5.73. The summed E-state index contributed by atoms with van der Waals surface area (Å²) in [4.78, 5) is 10.4. The van der Waals surface area contributed by atoms with Crippen LogP contribution in [0.15, 0.2) is 45.8 Å². The number of hydrogen-bond acceptors (Lipinski definition) is 6. The van der Waals surface area contributed by atoms with Gasteiger partial charge >= 0.3 is 0 Å². The van der Waals surface area contributed by atoms with Crippen LogP contribution in [0.4, 0.5) is 10.1 Å². The van der Waals surface area contributed by atoms with Crippen LogP contribution in [0.1, 0.15) is 69.9 Å². The summed E-state index contributed by atoms with van der Waals surface area (Å²) in [7, 11) is -3.51. The quantitative estimate of drug-likeness (QED) is 0.333. The van der Waals surface area contributed by atoms with Gasteiger partial charge in [-0.15, -0.1) is 0 Å². The van der Waals surface area contributed by atoms with Crippen LogP contribution in [0.2, 0.25) is 0 Å². The minimum Gasteiger partial charge on any atom is -0.455 e. The smallest absolute Gasteiger partial charge is 0.232 e. The Labute approximate surface area is 217 Å². The van der Waals surface area contributed by atoms with E-state index in [1.807, 2.05) is 6.07 Å². The third-order valence-corrected chi connectivity index (χ3v) is 8.06. The second kappa shape index (κ2) is 10.1. The molecule has 0 amide bonds. The molecule has 1 aliphatic heterocycles. The molecule has 0 bridgehead atoms. The normalized spacial score (nSPS) is 17.9. The first-order valence-electron chi connectivity index (χ1n) is 13.0. The van der Waals surface area contributed by atoms with Gasteiger partial charge in [0.25, 0.3) is 0 Å². The zero-order valence-corrected chi connectivity index (χ0v) is 22.6. The minimum atomic E-state index is -3.51. The van der Waals surface area contributed by atoms with Gasteiger partial charge in [-0.3, -0.25) is 4.31 Å². The number of nitrogens with zero attached hydrogens (tertiary/aromatic N) is 2. The van der Waals surface area contributed by atoms with Crippen LogP contribution >= 0.6 is 0 Å². The molecule has 0 saturated heterocycles. The molecule has 3 aromatic rings. The monoisotopic (exact) mass is 527 g/mol. The van der Waals surface area contributed by atoms with E-state index in [9.17, 15) is 12.8 Å². The summed E-state index contributed by atoms with van der Waals surface area (Å²) in [5.41, 5.74) is 6.64. The van der Waals surface area contributed by atoms with Gasteiger partial charge in [-0.2, -0.15) is 0 Å². The number of halogens is 1. The predicted molar refractivity (Wildman–Crippen MR) is 145 cm³/mol. The number of nitrogens with one attached hydrogen (secondary N) is 1. The van der Waals surface area contributed by atoms with E-state index in [2.05, 4.69) is 32.3 Å². The molecule has 1 aliphatic carbocycles. The zero-order chi connectivity index (χ0) is 26.3. The van der Waals surface area contributed by atoms with E-state index in [-0.39, 0.29) is 12.0 Å². The molecule has 1 unspecified atom stereocenters. The number of anilines is 1. The van der Waals surface area contributed by atoms with Gasteiger partial charge in [0.05, 0.1) is 17.5 Å². The van der Waals surface area contributed by atoms with E-state index in [0.717, 1.165) is 48.6 Å². The van der Waals surface area contributed by atoms with Crippen LogP contribution < -0.4 is 9.79 Å². The van der Waals surface area contributed by atoms with Crippen molar-refractivity contribution >= 4 is 32.5 Å². The van der Waals surface area contributed by atoms with Crippen LogP contribution in [0.3, 0.4) is 0 Å². The molecular formula is C28H34FN3O4S. The van der Waals surface area contributed by atoms with Crippen molar-refractivity contribution in [3.8, 4) is 11.3 Å². The highest BCUT2D eigenvalue weighted by molar-refractivity contribution is 7.92. The van der Waals surface area contributed by atoms with Gasteiger partial charge in [0.2, 0.25) is 10.0 Å². The number of hydrogen-bond donors (Lipinski definition) is 1.